The van der Waals surface area contributed by atoms with Crippen molar-refractivity contribution in [1.82, 2.24) is 0 Å². The lowest BCUT2D eigenvalue weighted by molar-refractivity contribution is -0.320. The summed E-state index contributed by atoms with van der Waals surface area (Å²) in [7, 11) is 0. The SMILES string of the molecule is C[C@H]1CC[C@@]2(OC1)O[C@H]1CC3C4CC=C5C[C@@H](O[C@@H]6O[C@@H](C)[C@H](O)[C@@H](O)[C@H]6O)C[C@@H](O[C@@H]6OC[C@@H](O)[C@H](O)[C@H]6O)[C@]5(C)C4CC[C@]3(C)[C@H]1[C@@H]2C. The Morgan fingerprint density at radius 2 is 1.56 bits per heavy atom. The first kappa shape index (κ1) is 36.2. The van der Waals surface area contributed by atoms with Crippen molar-refractivity contribution in [2.75, 3.05) is 13.2 Å². The fourth-order valence-electron chi connectivity index (χ4n) is 12.4. The Bertz CT molecular complexity index is 1290. The lowest BCUT2D eigenvalue weighted by atomic mass is 9.46. The summed E-state index contributed by atoms with van der Waals surface area (Å²) in [5, 5.41) is 63.1. The van der Waals surface area contributed by atoms with Gasteiger partial charge in [-0.3, -0.25) is 0 Å². The Labute approximate surface area is 295 Å². The Balaban J connectivity index is 1.07. The van der Waals surface area contributed by atoms with Crippen molar-refractivity contribution in [2.24, 2.45) is 46.3 Å². The quantitative estimate of drug-likeness (QED) is 0.235. The maximum atomic E-state index is 11.0. The second-order valence-electron chi connectivity index (χ2n) is 17.9. The number of hydrogen-bond acceptors (Lipinski definition) is 12. The van der Waals surface area contributed by atoms with Crippen LogP contribution in [0, 0.1) is 46.3 Å². The van der Waals surface area contributed by atoms with E-state index in [2.05, 4.69) is 33.8 Å². The monoisotopic (exact) mass is 708 g/mol. The maximum Gasteiger partial charge on any atom is 0.186 e. The van der Waals surface area contributed by atoms with Gasteiger partial charge in [0.2, 0.25) is 0 Å². The molecule has 3 saturated carbocycles. The summed E-state index contributed by atoms with van der Waals surface area (Å²) in [4.78, 5) is 0. The van der Waals surface area contributed by atoms with Crippen LogP contribution in [0.3, 0.4) is 0 Å². The number of rotatable bonds is 4. The molecule has 4 heterocycles. The summed E-state index contributed by atoms with van der Waals surface area (Å²) in [6, 6.07) is 0. The molecule has 0 aromatic heterocycles. The highest BCUT2D eigenvalue weighted by molar-refractivity contribution is 5.29. The standard InChI is InChI=1S/C38H60O12/c1-17-8-11-38(46-15-17)18(2)28-26(50-38)14-24-22-7-6-20-12-21(48-35-33(44)31(42)29(40)19(3)47-35)13-27(37(20,5)23(22)9-10-36(24,28)4)49-34-32(43)30(41)25(39)16-45-34/h6,17-19,21-35,39-44H,7-16H2,1-5H3/t17-,18-,19-,21+,22?,23?,24?,25+,26-,27+,28-,29-,30-,31+,32+,33+,34-,35-,36-,37-,38+/m0/s1. The van der Waals surface area contributed by atoms with Gasteiger partial charge in [-0.1, -0.05) is 39.3 Å². The van der Waals surface area contributed by atoms with E-state index in [1.807, 2.05) is 0 Å². The van der Waals surface area contributed by atoms with Crippen LogP contribution >= 0.6 is 0 Å². The second-order valence-corrected chi connectivity index (χ2v) is 17.9. The van der Waals surface area contributed by atoms with E-state index < -0.39 is 78.7 Å². The highest BCUT2D eigenvalue weighted by Gasteiger charge is 2.69. The van der Waals surface area contributed by atoms with Gasteiger partial charge in [0.1, 0.15) is 36.6 Å². The Hall–Kier alpha value is -0.740. The molecule has 12 nitrogen and oxygen atoms in total. The molecule has 6 N–H and O–H groups in total. The molecule has 3 unspecified atom stereocenters. The van der Waals surface area contributed by atoms with Crippen LogP contribution in [0.4, 0.5) is 0 Å². The van der Waals surface area contributed by atoms with Gasteiger partial charge in [-0.15, -0.1) is 0 Å². The van der Waals surface area contributed by atoms with E-state index >= 15 is 0 Å². The molecule has 4 saturated heterocycles. The third-order valence-electron chi connectivity index (χ3n) is 15.3. The van der Waals surface area contributed by atoms with Gasteiger partial charge in [0.25, 0.3) is 0 Å². The van der Waals surface area contributed by atoms with Crippen molar-refractivity contribution < 1.29 is 59.1 Å². The second kappa shape index (κ2) is 12.9. The Kier molecular flexibility index (Phi) is 9.38. The predicted molar refractivity (Wildman–Crippen MR) is 177 cm³/mol. The highest BCUT2D eigenvalue weighted by Crippen LogP contribution is 2.71. The van der Waals surface area contributed by atoms with Gasteiger partial charge in [-0.2, -0.15) is 0 Å². The van der Waals surface area contributed by atoms with Crippen LogP contribution in [-0.2, 0) is 28.4 Å². The highest BCUT2D eigenvalue weighted by atomic mass is 16.7. The maximum absolute atomic E-state index is 11.0. The molecule has 50 heavy (non-hydrogen) atoms. The summed E-state index contributed by atoms with van der Waals surface area (Å²) in [5.74, 6) is 2.02. The van der Waals surface area contributed by atoms with E-state index in [-0.39, 0.29) is 24.0 Å². The minimum absolute atomic E-state index is 0.124. The molecule has 4 aliphatic carbocycles. The van der Waals surface area contributed by atoms with Crippen LogP contribution in [-0.4, -0.2) is 123 Å². The van der Waals surface area contributed by atoms with Gasteiger partial charge in [0, 0.05) is 24.2 Å². The molecule has 0 bridgehead atoms. The average Bonchev–Trinajstić information content (AvgIpc) is 3.53. The van der Waals surface area contributed by atoms with Gasteiger partial charge < -0.3 is 59.1 Å². The topological polar surface area (TPSA) is 177 Å². The van der Waals surface area contributed by atoms with Crippen molar-refractivity contribution in [3.05, 3.63) is 11.6 Å². The first-order valence-electron chi connectivity index (χ1n) is 19.4. The lowest BCUT2D eigenvalue weighted by Gasteiger charge is -2.61. The zero-order chi connectivity index (χ0) is 35.5. The van der Waals surface area contributed by atoms with Crippen LogP contribution in [0.25, 0.3) is 0 Å². The number of aliphatic hydroxyl groups is 6. The molecular formula is C38H60O12. The van der Waals surface area contributed by atoms with Crippen LogP contribution in [0.5, 0.6) is 0 Å². The summed E-state index contributed by atoms with van der Waals surface area (Å²) in [6.45, 7) is 11.6. The van der Waals surface area contributed by atoms with E-state index in [1.165, 1.54) is 5.57 Å². The minimum Gasteiger partial charge on any atom is -0.388 e. The van der Waals surface area contributed by atoms with Crippen LogP contribution in [0.15, 0.2) is 11.6 Å². The van der Waals surface area contributed by atoms with E-state index in [4.69, 9.17) is 28.4 Å². The summed E-state index contributed by atoms with van der Waals surface area (Å²) >= 11 is 0. The van der Waals surface area contributed by atoms with Gasteiger partial charge in [-0.05, 0) is 80.5 Å². The Morgan fingerprint density at radius 1 is 0.800 bits per heavy atom. The van der Waals surface area contributed by atoms with Gasteiger partial charge in [0.05, 0.1) is 37.6 Å². The Morgan fingerprint density at radius 3 is 2.30 bits per heavy atom. The minimum atomic E-state index is -1.43. The summed E-state index contributed by atoms with van der Waals surface area (Å²) in [5.41, 5.74) is 0.885. The fourth-order valence-corrected chi connectivity index (χ4v) is 12.4. The third kappa shape index (κ3) is 5.45. The smallest absolute Gasteiger partial charge is 0.186 e. The van der Waals surface area contributed by atoms with Crippen LogP contribution in [0.1, 0.15) is 86.0 Å². The van der Waals surface area contributed by atoms with Gasteiger partial charge >= 0.3 is 0 Å². The van der Waals surface area contributed by atoms with Crippen molar-refractivity contribution in [1.29, 1.82) is 0 Å². The molecule has 284 valence electrons. The zero-order valence-electron chi connectivity index (χ0n) is 30.2. The van der Waals surface area contributed by atoms with E-state index in [1.54, 1.807) is 6.92 Å². The molecule has 21 atom stereocenters. The molecule has 12 heteroatoms. The number of aliphatic hydroxyl groups excluding tert-OH is 6. The molecule has 0 aromatic carbocycles. The van der Waals surface area contributed by atoms with Gasteiger partial charge in [0.15, 0.2) is 18.4 Å². The number of allylic oxidation sites excluding steroid dienone is 1. The molecule has 8 rings (SSSR count). The van der Waals surface area contributed by atoms with Crippen molar-refractivity contribution >= 4 is 0 Å². The molecule has 0 aromatic rings. The number of fused-ring (bicyclic) bond motifs is 7. The molecule has 8 aliphatic rings. The molecule has 0 amide bonds. The first-order chi connectivity index (χ1) is 23.7. The van der Waals surface area contributed by atoms with E-state index in [9.17, 15) is 30.6 Å². The number of hydrogen-bond donors (Lipinski definition) is 6. The third-order valence-corrected chi connectivity index (χ3v) is 15.3. The largest absolute Gasteiger partial charge is 0.388 e. The summed E-state index contributed by atoms with van der Waals surface area (Å²) < 4.78 is 38.2. The number of ether oxygens (including phenoxy) is 6. The van der Waals surface area contributed by atoms with Gasteiger partial charge in [-0.25, -0.2) is 0 Å². The van der Waals surface area contributed by atoms with Crippen LogP contribution in [0.2, 0.25) is 0 Å². The molecule has 4 aliphatic heterocycles. The lowest BCUT2D eigenvalue weighted by Crippen LogP contribution is -2.61. The molecule has 1 spiro atoms. The van der Waals surface area contributed by atoms with Crippen molar-refractivity contribution in [2.45, 2.75) is 165 Å². The fraction of sp³-hybridized carbons (Fsp3) is 0.947. The normalized spacial score (nSPS) is 59.3. The van der Waals surface area contributed by atoms with Crippen molar-refractivity contribution in [3.63, 3.8) is 0 Å². The first-order valence-corrected chi connectivity index (χ1v) is 19.4. The van der Waals surface area contributed by atoms with E-state index in [0.29, 0.717) is 42.4 Å². The molecule has 7 fully saturated rings. The zero-order valence-corrected chi connectivity index (χ0v) is 30.2. The van der Waals surface area contributed by atoms with Crippen molar-refractivity contribution in [3.8, 4) is 0 Å². The average molecular weight is 709 g/mol. The molecule has 0 radical (unpaired) electrons. The summed E-state index contributed by atoms with van der Waals surface area (Å²) in [6.07, 6.45) is -2.43. The van der Waals surface area contributed by atoms with E-state index in [0.717, 1.165) is 45.1 Å². The van der Waals surface area contributed by atoms with Crippen LogP contribution < -0.4 is 0 Å². The predicted octanol–water partition coefficient (Wildman–Crippen LogP) is 2.00. The molecular weight excluding hydrogens is 648 g/mol.